The van der Waals surface area contributed by atoms with E-state index in [0.717, 1.165) is 29.8 Å². The summed E-state index contributed by atoms with van der Waals surface area (Å²) < 4.78 is 1.88. The lowest BCUT2D eigenvalue weighted by Gasteiger charge is -1.98. The van der Waals surface area contributed by atoms with Gasteiger partial charge in [-0.1, -0.05) is 25.7 Å². The Morgan fingerprint density at radius 3 is 2.72 bits per heavy atom. The Labute approximate surface area is 108 Å². The van der Waals surface area contributed by atoms with Crippen LogP contribution in [-0.4, -0.2) is 28.8 Å². The fraction of sp³-hybridized carbons (Fsp3) is 0.538. The van der Waals surface area contributed by atoms with E-state index in [1.165, 1.54) is 0 Å². The zero-order valence-corrected chi connectivity index (χ0v) is 11.2. The molecule has 0 aliphatic heterocycles. The maximum atomic E-state index is 11.0. The second-order valence-corrected chi connectivity index (χ2v) is 3.88. The first kappa shape index (κ1) is 14.3. The molecule has 0 radical (unpaired) electrons. The molecule has 0 saturated carbocycles. The van der Waals surface area contributed by atoms with Crippen molar-refractivity contribution in [3.05, 3.63) is 17.0 Å². The Morgan fingerprint density at radius 1 is 1.44 bits per heavy atom. The van der Waals surface area contributed by atoms with Crippen LogP contribution in [0.15, 0.2) is 0 Å². The van der Waals surface area contributed by atoms with Crippen LogP contribution >= 0.6 is 0 Å². The highest BCUT2D eigenvalue weighted by Crippen LogP contribution is 2.13. The van der Waals surface area contributed by atoms with E-state index in [1.807, 2.05) is 11.7 Å². The maximum Gasteiger partial charge on any atom is 0.234 e. The molecule has 0 unspecified atom stereocenters. The Bertz CT molecular complexity index is 479. The van der Waals surface area contributed by atoms with Crippen LogP contribution in [0.5, 0.6) is 0 Å². The van der Waals surface area contributed by atoms with E-state index < -0.39 is 0 Å². The molecule has 0 fully saturated rings. The fourth-order valence-corrected chi connectivity index (χ4v) is 1.76. The van der Waals surface area contributed by atoms with Crippen LogP contribution < -0.4 is 11.1 Å². The summed E-state index contributed by atoms with van der Waals surface area (Å²) >= 11 is 0. The number of nitrogens with one attached hydrogen (secondary N) is 1. The fourth-order valence-electron chi connectivity index (χ4n) is 1.76. The first-order valence-corrected chi connectivity index (χ1v) is 6.14. The van der Waals surface area contributed by atoms with E-state index in [-0.39, 0.29) is 12.5 Å². The van der Waals surface area contributed by atoms with Crippen molar-refractivity contribution in [3.63, 3.8) is 0 Å². The van der Waals surface area contributed by atoms with Gasteiger partial charge in [0.1, 0.15) is 0 Å². The summed E-state index contributed by atoms with van der Waals surface area (Å²) in [7, 11) is 1.93. The first-order chi connectivity index (χ1) is 8.63. The number of nitrogens with zero attached hydrogens (tertiary/aromatic N) is 2. The zero-order chi connectivity index (χ0) is 13.5. The van der Waals surface area contributed by atoms with Gasteiger partial charge in [-0.25, -0.2) is 0 Å². The average molecular weight is 248 g/mol. The normalized spacial score (nSPS) is 9.78. The standard InChI is InChI=1S/C13H20N4O/c1-4-11-10(12(5-2)17(3)16-11)7-6-8-15-13(18)9-14/h4-5,8-9,14H2,1-3H3,(H,15,18). The Balaban J connectivity index is 2.83. The van der Waals surface area contributed by atoms with E-state index in [4.69, 9.17) is 5.73 Å². The molecule has 1 aromatic heterocycles. The summed E-state index contributed by atoms with van der Waals surface area (Å²) in [5.74, 6) is 5.84. The largest absolute Gasteiger partial charge is 0.344 e. The van der Waals surface area contributed by atoms with Crippen LogP contribution in [0, 0.1) is 11.8 Å². The molecular formula is C13H20N4O. The van der Waals surface area contributed by atoms with Gasteiger partial charge in [0.2, 0.25) is 5.91 Å². The van der Waals surface area contributed by atoms with E-state index in [1.54, 1.807) is 0 Å². The van der Waals surface area contributed by atoms with Gasteiger partial charge in [0, 0.05) is 7.05 Å². The van der Waals surface area contributed by atoms with Gasteiger partial charge in [-0.15, -0.1) is 0 Å². The third-order valence-corrected chi connectivity index (χ3v) is 2.68. The summed E-state index contributed by atoms with van der Waals surface area (Å²) in [4.78, 5) is 11.0. The Morgan fingerprint density at radius 2 is 2.17 bits per heavy atom. The zero-order valence-electron chi connectivity index (χ0n) is 11.2. The van der Waals surface area contributed by atoms with Crippen molar-refractivity contribution in [2.75, 3.05) is 13.1 Å². The Hall–Kier alpha value is -1.80. The molecule has 98 valence electrons. The van der Waals surface area contributed by atoms with Gasteiger partial charge < -0.3 is 11.1 Å². The molecule has 18 heavy (non-hydrogen) atoms. The number of aryl methyl sites for hydroxylation is 2. The van der Waals surface area contributed by atoms with Gasteiger partial charge in [0.25, 0.3) is 0 Å². The maximum absolute atomic E-state index is 11.0. The molecule has 1 rings (SSSR count). The molecule has 0 atom stereocenters. The molecule has 0 aromatic carbocycles. The number of carbonyl (C=O) groups excluding carboxylic acids is 1. The van der Waals surface area contributed by atoms with Gasteiger partial charge in [-0.2, -0.15) is 5.10 Å². The van der Waals surface area contributed by atoms with Crippen molar-refractivity contribution >= 4 is 5.91 Å². The first-order valence-electron chi connectivity index (χ1n) is 6.14. The second-order valence-electron chi connectivity index (χ2n) is 3.88. The molecule has 3 N–H and O–H groups in total. The number of carbonyl (C=O) groups is 1. The molecule has 1 aromatic rings. The van der Waals surface area contributed by atoms with Crippen LogP contribution in [0.2, 0.25) is 0 Å². The molecule has 0 aliphatic rings. The third kappa shape index (κ3) is 3.34. The van der Waals surface area contributed by atoms with Crippen LogP contribution in [0.1, 0.15) is 30.8 Å². The van der Waals surface area contributed by atoms with Gasteiger partial charge >= 0.3 is 0 Å². The van der Waals surface area contributed by atoms with Crippen molar-refractivity contribution in [1.82, 2.24) is 15.1 Å². The van der Waals surface area contributed by atoms with Crippen LogP contribution in [0.25, 0.3) is 0 Å². The number of hydrogen-bond acceptors (Lipinski definition) is 3. The Kier molecular flexibility index (Phi) is 5.40. The van der Waals surface area contributed by atoms with Gasteiger partial charge in [0.05, 0.1) is 30.0 Å². The molecule has 5 heteroatoms. The van der Waals surface area contributed by atoms with Gasteiger partial charge in [-0.05, 0) is 12.8 Å². The second kappa shape index (κ2) is 6.82. The minimum Gasteiger partial charge on any atom is -0.344 e. The highest BCUT2D eigenvalue weighted by Gasteiger charge is 2.10. The predicted molar refractivity (Wildman–Crippen MR) is 70.9 cm³/mol. The molecule has 1 amide bonds. The molecular weight excluding hydrogens is 228 g/mol. The highest BCUT2D eigenvalue weighted by atomic mass is 16.1. The lowest BCUT2D eigenvalue weighted by molar-refractivity contribution is -0.119. The van der Waals surface area contributed by atoms with Crippen molar-refractivity contribution in [3.8, 4) is 11.8 Å². The average Bonchev–Trinajstić information content (AvgIpc) is 2.69. The molecule has 0 spiro atoms. The van der Waals surface area contributed by atoms with Gasteiger partial charge in [0.15, 0.2) is 0 Å². The topological polar surface area (TPSA) is 72.9 Å². The van der Waals surface area contributed by atoms with Crippen LogP contribution in [0.3, 0.4) is 0 Å². The number of rotatable bonds is 4. The quantitative estimate of drug-likeness (QED) is 0.735. The summed E-state index contributed by atoms with van der Waals surface area (Å²) in [5.41, 5.74) is 8.31. The van der Waals surface area contributed by atoms with Gasteiger partial charge in [-0.3, -0.25) is 9.48 Å². The predicted octanol–water partition coefficient (Wildman–Crippen LogP) is -0.0287. The van der Waals surface area contributed by atoms with Crippen molar-refractivity contribution in [2.24, 2.45) is 12.8 Å². The molecule has 0 bridgehead atoms. The number of nitrogens with two attached hydrogens (primary N) is 1. The van der Waals surface area contributed by atoms with E-state index in [9.17, 15) is 4.79 Å². The lowest BCUT2D eigenvalue weighted by atomic mass is 10.1. The molecule has 1 heterocycles. The van der Waals surface area contributed by atoms with Crippen LogP contribution in [-0.2, 0) is 24.7 Å². The lowest BCUT2D eigenvalue weighted by Crippen LogP contribution is -2.30. The van der Waals surface area contributed by atoms with Crippen molar-refractivity contribution < 1.29 is 4.79 Å². The number of amides is 1. The SMILES string of the molecule is CCc1nn(C)c(CC)c1C#CCNC(=O)CN. The molecule has 5 nitrogen and oxygen atoms in total. The van der Waals surface area contributed by atoms with E-state index in [0.29, 0.717) is 6.54 Å². The van der Waals surface area contributed by atoms with E-state index >= 15 is 0 Å². The molecule has 0 saturated heterocycles. The summed E-state index contributed by atoms with van der Waals surface area (Å²) in [6, 6.07) is 0. The monoisotopic (exact) mass is 248 g/mol. The van der Waals surface area contributed by atoms with Crippen molar-refractivity contribution in [1.29, 1.82) is 0 Å². The van der Waals surface area contributed by atoms with Crippen molar-refractivity contribution in [2.45, 2.75) is 26.7 Å². The minimum absolute atomic E-state index is 0.00497. The summed E-state index contributed by atoms with van der Waals surface area (Å²) in [6.45, 7) is 4.45. The summed E-state index contributed by atoms with van der Waals surface area (Å²) in [5, 5.41) is 7.06. The minimum atomic E-state index is -0.193. The number of aromatic nitrogens is 2. The molecule has 0 aliphatic carbocycles. The smallest absolute Gasteiger partial charge is 0.234 e. The third-order valence-electron chi connectivity index (χ3n) is 2.68. The van der Waals surface area contributed by atoms with E-state index in [2.05, 4.69) is 36.1 Å². The highest BCUT2D eigenvalue weighted by molar-refractivity contribution is 5.77. The number of hydrogen-bond donors (Lipinski definition) is 2. The van der Waals surface area contributed by atoms with Crippen LogP contribution in [0.4, 0.5) is 0 Å². The summed E-state index contributed by atoms with van der Waals surface area (Å²) in [6.07, 6.45) is 1.75.